The SMILES string of the molecule is CC1CCCCC1CNS(=O)(=O)c1cc(F)ccc1CO. The van der Waals surface area contributed by atoms with Gasteiger partial charge in [0, 0.05) is 6.54 Å². The fourth-order valence-corrected chi connectivity index (χ4v) is 4.23. The Balaban J connectivity index is 2.13. The minimum absolute atomic E-state index is 0.173. The van der Waals surface area contributed by atoms with Gasteiger partial charge in [0.05, 0.1) is 11.5 Å². The van der Waals surface area contributed by atoms with Gasteiger partial charge in [0.25, 0.3) is 0 Å². The largest absolute Gasteiger partial charge is 0.392 e. The molecule has 0 radical (unpaired) electrons. The minimum atomic E-state index is -3.80. The van der Waals surface area contributed by atoms with Crippen LogP contribution in [0.5, 0.6) is 0 Å². The number of benzene rings is 1. The second-order valence-corrected chi connectivity index (χ2v) is 7.52. The molecule has 4 nitrogen and oxygen atoms in total. The first-order valence-corrected chi connectivity index (χ1v) is 8.81. The molecule has 1 aromatic carbocycles. The number of sulfonamides is 1. The molecule has 0 heterocycles. The van der Waals surface area contributed by atoms with Crippen LogP contribution in [0.25, 0.3) is 0 Å². The molecule has 1 fully saturated rings. The summed E-state index contributed by atoms with van der Waals surface area (Å²) in [7, 11) is -3.80. The average Bonchev–Trinajstić information content (AvgIpc) is 2.46. The van der Waals surface area contributed by atoms with Crippen molar-refractivity contribution < 1.29 is 17.9 Å². The van der Waals surface area contributed by atoms with Crippen molar-refractivity contribution in [2.75, 3.05) is 6.54 Å². The van der Waals surface area contributed by atoms with E-state index in [0.717, 1.165) is 31.4 Å². The van der Waals surface area contributed by atoms with Crippen LogP contribution >= 0.6 is 0 Å². The molecule has 2 unspecified atom stereocenters. The first-order valence-electron chi connectivity index (χ1n) is 7.33. The van der Waals surface area contributed by atoms with E-state index >= 15 is 0 Å². The summed E-state index contributed by atoms with van der Waals surface area (Å²) in [6, 6.07) is 3.40. The molecule has 21 heavy (non-hydrogen) atoms. The van der Waals surface area contributed by atoms with Gasteiger partial charge in [0.15, 0.2) is 0 Å². The second kappa shape index (κ2) is 6.85. The molecule has 0 aliphatic heterocycles. The Morgan fingerprint density at radius 1 is 1.33 bits per heavy atom. The lowest BCUT2D eigenvalue weighted by Crippen LogP contribution is -2.34. The van der Waals surface area contributed by atoms with E-state index < -0.39 is 22.4 Å². The highest BCUT2D eigenvalue weighted by atomic mass is 32.2. The molecule has 0 aromatic heterocycles. The van der Waals surface area contributed by atoms with Crippen LogP contribution in [-0.4, -0.2) is 20.1 Å². The van der Waals surface area contributed by atoms with E-state index in [1.54, 1.807) is 0 Å². The lowest BCUT2D eigenvalue weighted by Gasteiger charge is -2.28. The van der Waals surface area contributed by atoms with Crippen LogP contribution in [0.2, 0.25) is 0 Å². The minimum Gasteiger partial charge on any atom is -0.392 e. The van der Waals surface area contributed by atoms with Gasteiger partial charge in [-0.2, -0.15) is 0 Å². The van der Waals surface area contributed by atoms with Crippen LogP contribution < -0.4 is 4.72 Å². The van der Waals surface area contributed by atoms with Gasteiger partial charge in [-0.1, -0.05) is 32.3 Å². The number of nitrogens with one attached hydrogen (secondary N) is 1. The van der Waals surface area contributed by atoms with Crippen LogP contribution in [0, 0.1) is 17.7 Å². The molecule has 0 bridgehead atoms. The third-order valence-corrected chi connectivity index (χ3v) is 5.82. The molecule has 0 spiro atoms. The van der Waals surface area contributed by atoms with Crippen LogP contribution in [0.3, 0.4) is 0 Å². The van der Waals surface area contributed by atoms with E-state index in [0.29, 0.717) is 18.4 Å². The maximum Gasteiger partial charge on any atom is 0.241 e. The quantitative estimate of drug-likeness (QED) is 0.877. The molecule has 1 aromatic rings. The maximum absolute atomic E-state index is 13.3. The molecular weight excluding hydrogens is 293 g/mol. The smallest absolute Gasteiger partial charge is 0.241 e. The standard InChI is InChI=1S/C15H22FNO3S/c1-11-4-2-3-5-12(11)9-17-21(19,20)15-8-14(16)7-6-13(15)10-18/h6-8,11-12,17-18H,2-5,9-10H2,1H3. The average molecular weight is 315 g/mol. The van der Waals surface area contributed by atoms with Gasteiger partial charge in [0.1, 0.15) is 5.82 Å². The van der Waals surface area contributed by atoms with Gasteiger partial charge in [-0.15, -0.1) is 0 Å². The normalized spacial score (nSPS) is 23.2. The van der Waals surface area contributed by atoms with Crippen molar-refractivity contribution in [2.45, 2.75) is 44.1 Å². The van der Waals surface area contributed by atoms with Gasteiger partial charge >= 0.3 is 0 Å². The van der Waals surface area contributed by atoms with Crippen molar-refractivity contribution in [3.8, 4) is 0 Å². The summed E-state index contributed by atoms with van der Waals surface area (Å²) in [5, 5.41) is 9.22. The van der Waals surface area contributed by atoms with Crippen molar-refractivity contribution in [3.63, 3.8) is 0 Å². The van der Waals surface area contributed by atoms with E-state index in [1.165, 1.54) is 12.5 Å². The van der Waals surface area contributed by atoms with Crippen molar-refractivity contribution >= 4 is 10.0 Å². The van der Waals surface area contributed by atoms with Gasteiger partial charge in [-0.3, -0.25) is 0 Å². The Kier molecular flexibility index (Phi) is 5.35. The Hall–Kier alpha value is -0.980. The van der Waals surface area contributed by atoms with Crippen LogP contribution in [-0.2, 0) is 16.6 Å². The van der Waals surface area contributed by atoms with E-state index in [1.807, 2.05) is 0 Å². The zero-order valence-corrected chi connectivity index (χ0v) is 13.0. The number of rotatable bonds is 5. The first-order chi connectivity index (χ1) is 9.94. The molecule has 0 saturated heterocycles. The van der Waals surface area contributed by atoms with Crippen LogP contribution in [0.1, 0.15) is 38.2 Å². The van der Waals surface area contributed by atoms with Crippen molar-refractivity contribution in [1.29, 1.82) is 0 Å². The third-order valence-electron chi connectivity index (χ3n) is 4.31. The summed E-state index contributed by atoms with van der Waals surface area (Å²) in [4.78, 5) is -0.173. The topological polar surface area (TPSA) is 66.4 Å². The summed E-state index contributed by atoms with van der Waals surface area (Å²) in [6.45, 7) is 2.07. The number of aliphatic hydroxyl groups excluding tert-OH is 1. The highest BCUT2D eigenvalue weighted by Gasteiger charge is 2.25. The lowest BCUT2D eigenvalue weighted by molar-refractivity contribution is 0.257. The van der Waals surface area contributed by atoms with Gasteiger partial charge in [0.2, 0.25) is 10.0 Å². The van der Waals surface area contributed by atoms with E-state index in [9.17, 15) is 17.9 Å². The number of hydrogen-bond acceptors (Lipinski definition) is 3. The molecular formula is C15H22FNO3S. The summed E-state index contributed by atoms with van der Waals surface area (Å²) < 4.78 is 40.5. The molecule has 6 heteroatoms. The van der Waals surface area contributed by atoms with E-state index in [-0.39, 0.29) is 10.5 Å². The Bertz CT molecular complexity index is 589. The Morgan fingerprint density at radius 3 is 2.71 bits per heavy atom. The third kappa shape index (κ3) is 4.02. The molecule has 2 rings (SSSR count). The molecule has 1 aliphatic carbocycles. The monoisotopic (exact) mass is 315 g/mol. The predicted molar refractivity (Wildman–Crippen MR) is 78.6 cm³/mol. The number of hydrogen-bond donors (Lipinski definition) is 2. The van der Waals surface area contributed by atoms with Gasteiger partial charge < -0.3 is 5.11 Å². The Labute approximate surface area is 125 Å². The van der Waals surface area contributed by atoms with Crippen molar-refractivity contribution in [1.82, 2.24) is 4.72 Å². The van der Waals surface area contributed by atoms with Gasteiger partial charge in [-0.05, 0) is 36.0 Å². The summed E-state index contributed by atoms with van der Waals surface area (Å²) in [5.41, 5.74) is 0.209. The lowest BCUT2D eigenvalue weighted by atomic mass is 9.81. The highest BCUT2D eigenvalue weighted by Crippen LogP contribution is 2.29. The maximum atomic E-state index is 13.3. The molecule has 2 atom stereocenters. The summed E-state index contributed by atoms with van der Waals surface area (Å²) in [5.74, 6) is 0.185. The zero-order chi connectivity index (χ0) is 15.5. The van der Waals surface area contributed by atoms with Crippen LogP contribution in [0.4, 0.5) is 4.39 Å². The van der Waals surface area contributed by atoms with Gasteiger partial charge in [-0.25, -0.2) is 17.5 Å². The molecule has 118 valence electrons. The number of halogens is 1. The zero-order valence-electron chi connectivity index (χ0n) is 12.2. The first kappa shape index (κ1) is 16.4. The fourth-order valence-electron chi connectivity index (χ4n) is 2.90. The van der Waals surface area contributed by atoms with E-state index in [2.05, 4.69) is 11.6 Å². The van der Waals surface area contributed by atoms with E-state index in [4.69, 9.17) is 0 Å². The summed E-state index contributed by atoms with van der Waals surface area (Å²) >= 11 is 0. The van der Waals surface area contributed by atoms with Crippen molar-refractivity contribution in [3.05, 3.63) is 29.6 Å². The number of aliphatic hydroxyl groups is 1. The van der Waals surface area contributed by atoms with Crippen molar-refractivity contribution in [2.24, 2.45) is 11.8 Å². The Morgan fingerprint density at radius 2 is 2.05 bits per heavy atom. The van der Waals surface area contributed by atoms with Crippen LogP contribution in [0.15, 0.2) is 23.1 Å². The molecule has 1 aliphatic rings. The summed E-state index contributed by atoms with van der Waals surface area (Å²) in [6.07, 6.45) is 4.45. The predicted octanol–water partition coefficient (Wildman–Crippen LogP) is 2.42. The molecule has 2 N–H and O–H groups in total. The molecule has 0 amide bonds. The fraction of sp³-hybridized carbons (Fsp3) is 0.600. The molecule has 1 saturated carbocycles. The highest BCUT2D eigenvalue weighted by molar-refractivity contribution is 7.89. The second-order valence-electron chi connectivity index (χ2n) is 5.78.